The number of carbonyl (C=O) groups is 1. The van der Waals surface area contributed by atoms with Crippen LogP contribution in [0.3, 0.4) is 0 Å². The van der Waals surface area contributed by atoms with E-state index < -0.39 is 17.1 Å². The molecule has 0 N–H and O–H groups in total. The fraction of sp³-hybridized carbons (Fsp3) is 0.609. The Labute approximate surface area is 171 Å². The Bertz CT molecular complexity index is 834. The van der Waals surface area contributed by atoms with Crippen molar-refractivity contribution in [2.75, 3.05) is 7.11 Å². The third-order valence-corrected chi connectivity index (χ3v) is 7.61. The molecular formula is C23H28O6. The number of benzene rings is 1. The molecule has 0 aromatic heterocycles. The molecule has 3 fully saturated rings. The van der Waals surface area contributed by atoms with E-state index in [1.54, 1.807) is 7.11 Å². The summed E-state index contributed by atoms with van der Waals surface area (Å²) in [5.74, 6) is 0.709. The van der Waals surface area contributed by atoms with Crippen LogP contribution in [0.1, 0.15) is 32.8 Å². The number of rotatable bonds is 4. The van der Waals surface area contributed by atoms with Crippen LogP contribution < -0.4 is 4.74 Å². The molecule has 3 heterocycles. The molecule has 6 rings (SSSR count). The van der Waals surface area contributed by atoms with Crippen molar-refractivity contribution in [3.05, 3.63) is 42.0 Å². The average Bonchev–Trinajstić information content (AvgIpc) is 3.12. The Morgan fingerprint density at radius 1 is 1.14 bits per heavy atom. The van der Waals surface area contributed by atoms with Gasteiger partial charge in [-0.1, -0.05) is 25.1 Å². The van der Waals surface area contributed by atoms with Crippen LogP contribution in [0, 0.1) is 23.7 Å². The quantitative estimate of drug-likeness (QED) is 0.438. The Morgan fingerprint density at radius 2 is 1.90 bits per heavy atom. The highest BCUT2D eigenvalue weighted by atomic mass is 17.2. The molecule has 8 atom stereocenters. The minimum Gasteiger partial charge on any atom is -0.497 e. The average molecular weight is 400 g/mol. The first-order valence-electron chi connectivity index (χ1n) is 10.4. The number of ether oxygens (including phenoxy) is 3. The Balaban J connectivity index is 1.39. The van der Waals surface area contributed by atoms with Crippen molar-refractivity contribution in [2.24, 2.45) is 23.7 Å². The molecule has 0 unspecified atom stereocenters. The normalized spacial score (nSPS) is 44.9. The summed E-state index contributed by atoms with van der Waals surface area (Å²) in [5, 5.41) is 0. The van der Waals surface area contributed by atoms with Crippen LogP contribution in [0.5, 0.6) is 5.75 Å². The summed E-state index contributed by atoms with van der Waals surface area (Å²) in [6.45, 7) is 6.65. The fourth-order valence-electron chi connectivity index (χ4n) is 5.67. The van der Waals surface area contributed by atoms with Crippen molar-refractivity contribution in [3.63, 3.8) is 0 Å². The molecule has 2 aliphatic carbocycles. The van der Waals surface area contributed by atoms with Gasteiger partial charge in [-0.15, -0.1) is 0 Å². The van der Waals surface area contributed by atoms with Gasteiger partial charge in [-0.25, -0.2) is 9.78 Å². The molecule has 2 saturated heterocycles. The molecule has 1 spiro atoms. The zero-order chi connectivity index (χ0) is 20.4. The van der Waals surface area contributed by atoms with Gasteiger partial charge in [0.25, 0.3) is 0 Å². The zero-order valence-electron chi connectivity index (χ0n) is 17.3. The first-order valence-corrected chi connectivity index (χ1v) is 10.4. The van der Waals surface area contributed by atoms with Crippen LogP contribution >= 0.6 is 0 Å². The molecule has 0 amide bonds. The van der Waals surface area contributed by atoms with Crippen molar-refractivity contribution < 1.29 is 28.8 Å². The maximum absolute atomic E-state index is 12.4. The lowest BCUT2D eigenvalue weighted by molar-refractivity contribution is -0.404. The molecule has 156 valence electrons. The monoisotopic (exact) mass is 400 g/mol. The van der Waals surface area contributed by atoms with E-state index in [1.165, 1.54) is 0 Å². The lowest BCUT2D eigenvalue weighted by Gasteiger charge is -2.37. The zero-order valence-corrected chi connectivity index (χ0v) is 17.3. The summed E-state index contributed by atoms with van der Waals surface area (Å²) in [7, 11) is 1.66. The molecule has 1 aromatic carbocycles. The topological polar surface area (TPSA) is 63.2 Å². The summed E-state index contributed by atoms with van der Waals surface area (Å²) >= 11 is 0. The van der Waals surface area contributed by atoms with Crippen LogP contribution in [-0.4, -0.2) is 36.5 Å². The van der Waals surface area contributed by atoms with Crippen molar-refractivity contribution in [1.82, 2.24) is 0 Å². The predicted molar refractivity (Wildman–Crippen MR) is 104 cm³/mol. The molecule has 29 heavy (non-hydrogen) atoms. The number of hydrogen-bond acceptors (Lipinski definition) is 6. The van der Waals surface area contributed by atoms with Crippen LogP contribution in [0.4, 0.5) is 0 Å². The number of carbonyl (C=O) groups excluding carboxylic acids is 1. The molecule has 5 aliphatic rings. The Kier molecular flexibility index (Phi) is 4.32. The smallest absolute Gasteiger partial charge is 0.312 e. The van der Waals surface area contributed by atoms with Gasteiger partial charge >= 0.3 is 5.97 Å². The van der Waals surface area contributed by atoms with E-state index in [2.05, 4.69) is 19.9 Å². The van der Waals surface area contributed by atoms with Crippen molar-refractivity contribution in [2.45, 2.75) is 57.2 Å². The molecule has 3 aliphatic heterocycles. The summed E-state index contributed by atoms with van der Waals surface area (Å²) < 4.78 is 17.5. The largest absolute Gasteiger partial charge is 0.497 e. The number of fused-ring (bicyclic) bond motifs is 1. The summed E-state index contributed by atoms with van der Waals surface area (Å²) in [6.07, 6.45) is 4.64. The van der Waals surface area contributed by atoms with E-state index >= 15 is 0 Å². The predicted octanol–water partition coefficient (Wildman–Crippen LogP) is 3.44. The van der Waals surface area contributed by atoms with Gasteiger partial charge in [0.2, 0.25) is 0 Å². The first kappa shape index (κ1) is 19.1. The Morgan fingerprint density at radius 3 is 2.55 bits per heavy atom. The minimum absolute atomic E-state index is 0.0620. The SMILES string of the molecule is COc1ccc(CO[C@H]2C[C@H]3[C@@H]([C@H]2C)[C@H]2OC(=O)[C@H](C)[C@@]24C=C[C@]3(C)OO4)cc1. The number of esters is 1. The lowest BCUT2D eigenvalue weighted by Crippen LogP contribution is -2.48. The molecule has 6 nitrogen and oxygen atoms in total. The third-order valence-electron chi connectivity index (χ3n) is 7.61. The molecular weight excluding hydrogens is 372 g/mol. The third kappa shape index (κ3) is 2.69. The van der Waals surface area contributed by atoms with E-state index in [9.17, 15) is 4.79 Å². The van der Waals surface area contributed by atoms with Crippen LogP contribution in [0.25, 0.3) is 0 Å². The Hall–Kier alpha value is -1.89. The van der Waals surface area contributed by atoms with Gasteiger partial charge in [0.1, 0.15) is 17.5 Å². The molecule has 6 heteroatoms. The lowest BCUT2D eigenvalue weighted by atomic mass is 9.74. The highest BCUT2D eigenvalue weighted by Crippen LogP contribution is 2.59. The minimum atomic E-state index is -0.838. The van der Waals surface area contributed by atoms with Crippen molar-refractivity contribution in [1.29, 1.82) is 0 Å². The van der Waals surface area contributed by atoms with Gasteiger partial charge in [-0.05, 0) is 50.0 Å². The maximum atomic E-state index is 12.4. The van der Waals surface area contributed by atoms with Crippen LogP contribution in [-0.2, 0) is 30.7 Å². The summed E-state index contributed by atoms with van der Waals surface area (Å²) in [4.78, 5) is 24.2. The molecule has 2 bridgehead atoms. The second-order valence-corrected chi connectivity index (χ2v) is 9.09. The highest BCUT2D eigenvalue weighted by molar-refractivity contribution is 5.77. The number of methoxy groups -OCH3 is 1. The number of hydrogen-bond donors (Lipinski definition) is 0. The van der Waals surface area contributed by atoms with E-state index in [4.69, 9.17) is 24.0 Å². The maximum Gasteiger partial charge on any atom is 0.312 e. The van der Waals surface area contributed by atoms with E-state index in [0.29, 0.717) is 6.61 Å². The second-order valence-electron chi connectivity index (χ2n) is 9.09. The van der Waals surface area contributed by atoms with Crippen molar-refractivity contribution >= 4 is 5.97 Å². The van der Waals surface area contributed by atoms with Gasteiger partial charge in [0.05, 0.1) is 25.7 Å². The van der Waals surface area contributed by atoms with Crippen LogP contribution in [0.15, 0.2) is 36.4 Å². The van der Waals surface area contributed by atoms with E-state index in [-0.39, 0.29) is 35.9 Å². The first-order chi connectivity index (χ1) is 13.9. The highest BCUT2D eigenvalue weighted by Gasteiger charge is 2.69. The van der Waals surface area contributed by atoms with Gasteiger partial charge < -0.3 is 14.2 Å². The van der Waals surface area contributed by atoms with Gasteiger partial charge in [0, 0.05) is 11.8 Å². The van der Waals surface area contributed by atoms with E-state index in [1.807, 2.05) is 37.3 Å². The molecule has 1 saturated carbocycles. The molecule has 1 aromatic rings. The van der Waals surface area contributed by atoms with Gasteiger partial charge in [-0.2, -0.15) is 0 Å². The van der Waals surface area contributed by atoms with E-state index in [0.717, 1.165) is 17.7 Å². The van der Waals surface area contributed by atoms with Gasteiger partial charge in [0.15, 0.2) is 5.60 Å². The van der Waals surface area contributed by atoms with Crippen molar-refractivity contribution in [3.8, 4) is 5.75 Å². The fourth-order valence-corrected chi connectivity index (χ4v) is 5.67. The van der Waals surface area contributed by atoms with Crippen LogP contribution in [0.2, 0.25) is 0 Å². The second kappa shape index (κ2) is 6.56. The molecule has 0 radical (unpaired) electrons. The summed E-state index contributed by atoms with van der Waals surface area (Å²) in [6, 6.07) is 7.93. The van der Waals surface area contributed by atoms with Gasteiger partial charge in [-0.3, -0.25) is 4.79 Å². The summed E-state index contributed by atoms with van der Waals surface area (Å²) in [5.41, 5.74) is -0.275. The standard InChI is InChI=1S/C23H28O6/c1-13-18(26-12-15-5-7-16(25-4)8-6-15)11-17-19(13)20-23(14(2)21(24)27-20)10-9-22(17,3)28-29-23/h5-10,13-14,17-20H,11-12H2,1-4H3/t13-,14-,17-,18-,19+,20+,22-,23-/m0/s1.